The van der Waals surface area contributed by atoms with Gasteiger partial charge < -0.3 is 14.8 Å². The van der Waals surface area contributed by atoms with E-state index >= 15 is 0 Å². The molecule has 0 saturated heterocycles. The molecule has 0 aliphatic heterocycles. The Bertz CT molecular complexity index is 858. The minimum Gasteiger partial charge on any atom is -0.493 e. The zero-order valence-electron chi connectivity index (χ0n) is 16.7. The number of fused-ring (bicyclic) bond motifs is 1. The van der Waals surface area contributed by atoms with Gasteiger partial charge in [-0.3, -0.25) is 4.79 Å². The van der Waals surface area contributed by atoms with E-state index in [1.165, 1.54) is 16.2 Å². The lowest BCUT2D eigenvalue weighted by Crippen LogP contribution is -2.17. The summed E-state index contributed by atoms with van der Waals surface area (Å²) < 4.78 is 10.9. The SMILES string of the molecule is CCOC(=O)c1c(NC(=O)c2ccccc2OCC)sc2c1CCC(CC)C2. The van der Waals surface area contributed by atoms with Crippen LogP contribution in [0, 0.1) is 5.92 Å². The van der Waals surface area contributed by atoms with Gasteiger partial charge in [0.25, 0.3) is 5.91 Å². The number of esters is 1. The van der Waals surface area contributed by atoms with Gasteiger partial charge in [0.2, 0.25) is 0 Å². The summed E-state index contributed by atoms with van der Waals surface area (Å²) in [5.41, 5.74) is 2.03. The Morgan fingerprint density at radius 2 is 1.96 bits per heavy atom. The molecule has 1 heterocycles. The van der Waals surface area contributed by atoms with E-state index < -0.39 is 0 Å². The summed E-state index contributed by atoms with van der Waals surface area (Å²) in [7, 11) is 0. The highest BCUT2D eigenvalue weighted by molar-refractivity contribution is 7.17. The van der Waals surface area contributed by atoms with E-state index in [9.17, 15) is 9.59 Å². The minimum absolute atomic E-state index is 0.278. The van der Waals surface area contributed by atoms with E-state index in [-0.39, 0.29) is 11.9 Å². The molecule has 1 N–H and O–H groups in total. The number of ether oxygens (including phenoxy) is 2. The van der Waals surface area contributed by atoms with Crippen LogP contribution in [-0.4, -0.2) is 25.1 Å². The molecule has 1 amide bonds. The number of hydrogen-bond donors (Lipinski definition) is 1. The van der Waals surface area contributed by atoms with Crippen molar-refractivity contribution < 1.29 is 19.1 Å². The summed E-state index contributed by atoms with van der Waals surface area (Å²) in [6.07, 6.45) is 3.99. The maximum absolute atomic E-state index is 12.9. The van der Waals surface area contributed by atoms with Gasteiger partial charge in [0, 0.05) is 4.88 Å². The average molecular weight is 402 g/mol. The van der Waals surface area contributed by atoms with Gasteiger partial charge in [0.05, 0.1) is 24.3 Å². The van der Waals surface area contributed by atoms with E-state index in [0.717, 1.165) is 31.2 Å². The van der Waals surface area contributed by atoms with Gasteiger partial charge in [0.15, 0.2) is 0 Å². The highest BCUT2D eigenvalue weighted by Crippen LogP contribution is 2.41. The van der Waals surface area contributed by atoms with Gasteiger partial charge in [-0.15, -0.1) is 11.3 Å². The van der Waals surface area contributed by atoms with Crippen LogP contribution < -0.4 is 10.1 Å². The number of carbonyl (C=O) groups excluding carboxylic acids is 2. The molecule has 1 aliphatic rings. The summed E-state index contributed by atoms with van der Waals surface area (Å²) in [6.45, 7) is 6.65. The van der Waals surface area contributed by atoms with E-state index in [1.807, 2.05) is 13.0 Å². The lowest BCUT2D eigenvalue weighted by atomic mass is 9.85. The fourth-order valence-corrected chi connectivity index (χ4v) is 4.96. The molecule has 0 radical (unpaired) electrons. The second-order valence-corrected chi connectivity index (χ2v) is 7.93. The third-order valence-electron chi connectivity index (χ3n) is 5.08. The predicted molar refractivity (Wildman–Crippen MR) is 112 cm³/mol. The van der Waals surface area contributed by atoms with Crippen LogP contribution >= 0.6 is 11.3 Å². The average Bonchev–Trinajstić information content (AvgIpc) is 3.05. The Morgan fingerprint density at radius 3 is 2.68 bits per heavy atom. The first-order chi connectivity index (χ1) is 13.6. The molecule has 0 fully saturated rings. The van der Waals surface area contributed by atoms with Crippen molar-refractivity contribution in [1.82, 2.24) is 0 Å². The van der Waals surface area contributed by atoms with Gasteiger partial charge in [-0.05, 0) is 56.7 Å². The molecule has 3 rings (SSSR count). The van der Waals surface area contributed by atoms with E-state index in [4.69, 9.17) is 9.47 Å². The zero-order valence-corrected chi connectivity index (χ0v) is 17.5. The summed E-state index contributed by atoms with van der Waals surface area (Å²) in [5, 5.41) is 3.53. The molecule has 6 heteroatoms. The predicted octanol–water partition coefficient (Wildman–Crippen LogP) is 5.09. The van der Waals surface area contributed by atoms with Gasteiger partial charge in [-0.25, -0.2) is 4.79 Å². The molecule has 0 spiro atoms. The second kappa shape index (κ2) is 9.24. The Balaban J connectivity index is 1.94. The minimum atomic E-state index is -0.358. The van der Waals surface area contributed by atoms with Crippen molar-refractivity contribution in [3.05, 3.63) is 45.8 Å². The van der Waals surface area contributed by atoms with E-state index in [1.54, 1.807) is 25.1 Å². The van der Waals surface area contributed by atoms with Crippen molar-refractivity contribution in [2.45, 2.75) is 46.5 Å². The first kappa shape index (κ1) is 20.4. The van der Waals surface area contributed by atoms with E-state index in [0.29, 0.717) is 41.0 Å². The molecule has 2 aromatic rings. The van der Waals surface area contributed by atoms with Crippen molar-refractivity contribution in [2.75, 3.05) is 18.5 Å². The first-order valence-electron chi connectivity index (χ1n) is 9.93. The van der Waals surface area contributed by atoms with Crippen LogP contribution in [0.15, 0.2) is 24.3 Å². The first-order valence-corrected chi connectivity index (χ1v) is 10.7. The third-order valence-corrected chi connectivity index (χ3v) is 6.25. The van der Waals surface area contributed by atoms with Crippen LogP contribution in [0.1, 0.15) is 64.8 Å². The van der Waals surface area contributed by atoms with Crippen LogP contribution in [0.3, 0.4) is 0 Å². The van der Waals surface area contributed by atoms with Gasteiger partial charge >= 0.3 is 5.97 Å². The van der Waals surface area contributed by atoms with Gasteiger partial charge in [-0.1, -0.05) is 25.5 Å². The Kier molecular flexibility index (Phi) is 6.73. The lowest BCUT2D eigenvalue weighted by Gasteiger charge is -2.20. The fourth-order valence-electron chi connectivity index (χ4n) is 3.62. The Labute approximate surface area is 170 Å². The van der Waals surface area contributed by atoms with Crippen molar-refractivity contribution in [1.29, 1.82) is 0 Å². The molecular formula is C22H27NO4S. The molecule has 5 nitrogen and oxygen atoms in total. The standard InChI is InChI=1S/C22H27NO4S/c1-4-14-11-12-16-18(13-14)28-21(19(16)22(25)27-6-3)23-20(24)15-9-7-8-10-17(15)26-5-2/h7-10,14H,4-6,11-13H2,1-3H3,(H,23,24). The summed E-state index contributed by atoms with van der Waals surface area (Å²) in [5.74, 6) is 0.527. The molecule has 0 bridgehead atoms. The molecule has 1 atom stereocenters. The van der Waals surface area contributed by atoms with Gasteiger partial charge in [-0.2, -0.15) is 0 Å². The Morgan fingerprint density at radius 1 is 1.18 bits per heavy atom. The molecule has 1 aromatic carbocycles. The number of hydrogen-bond acceptors (Lipinski definition) is 5. The molecule has 0 saturated carbocycles. The fraction of sp³-hybridized carbons (Fsp3) is 0.455. The topological polar surface area (TPSA) is 64.6 Å². The largest absolute Gasteiger partial charge is 0.493 e. The maximum atomic E-state index is 12.9. The summed E-state index contributed by atoms with van der Waals surface area (Å²) in [6, 6.07) is 7.14. The summed E-state index contributed by atoms with van der Waals surface area (Å²) in [4.78, 5) is 26.8. The number of para-hydroxylation sites is 1. The smallest absolute Gasteiger partial charge is 0.341 e. The lowest BCUT2D eigenvalue weighted by molar-refractivity contribution is 0.0526. The van der Waals surface area contributed by atoms with Crippen LogP contribution in [0.5, 0.6) is 5.75 Å². The molecule has 1 aliphatic carbocycles. The van der Waals surface area contributed by atoms with Gasteiger partial charge in [0.1, 0.15) is 10.8 Å². The molecule has 150 valence electrons. The number of amides is 1. The van der Waals surface area contributed by atoms with E-state index in [2.05, 4.69) is 12.2 Å². The van der Waals surface area contributed by atoms with Crippen LogP contribution in [0.25, 0.3) is 0 Å². The highest BCUT2D eigenvalue weighted by Gasteiger charge is 2.30. The van der Waals surface area contributed by atoms with Crippen LogP contribution in [0.4, 0.5) is 5.00 Å². The number of benzene rings is 1. The molecule has 1 aromatic heterocycles. The third kappa shape index (κ3) is 4.22. The zero-order chi connectivity index (χ0) is 20.1. The maximum Gasteiger partial charge on any atom is 0.341 e. The molecular weight excluding hydrogens is 374 g/mol. The van der Waals surface area contributed by atoms with Crippen LogP contribution in [0.2, 0.25) is 0 Å². The van der Waals surface area contributed by atoms with Crippen molar-refractivity contribution in [2.24, 2.45) is 5.92 Å². The number of rotatable bonds is 7. The highest BCUT2D eigenvalue weighted by atomic mass is 32.1. The molecule has 1 unspecified atom stereocenters. The molecule has 28 heavy (non-hydrogen) atoms. The second-order valence-electron chi connectivity index (χ2n) is 6.83. The Hall–Kier alpha value is -2.34. The number of thiophene rings is 1. The number of nitrogens with one attached hydrogen (secondary N) is 1. The number of anilines is 1. The quantitative estimate of drug-likeness (QED) is 0.656. The number of carbonyl (C=O) groups is 2. The van der Waals surface area contributed by atoms with Crippen molar-refractivity contribution in [3.8, 4) is 5.75 Å². The van der Waals surface area contributed by atoms with Crippen molar-refractivity contribution >= 4 is 28.2 Å². The summed E-state index contributed by atoms with van der Waals surface area (Å²) >= 11 is 1.50. The van der Waals surface area contributed by atoms with Crippen LogP contribution in [-0.2, 0) is 17.6 Å². The monoisotopic (exact) mass is 401 g/mol. The van der Waals surface area contributed by atoms with Crippen molar-refractivity contribution in [3.63, 3.8) is 0 Å². The normalized spacial score (nSPS) is 15.6.